The Balaban J connectivity index is 3.33. The van der Waals surface area contributed by atoms with Gasteiger partial charge in [-0.2, -0.15) is 0 Å². The molecule has 76 valence electrons. The second-order valence-corrected chi connectivity index (χ2v) is 2.45. The number of H-pyrrole nitrogens is 1. The predicted octanol–water partition coefficient (Wildman–Crippen LogP) is -1.37. The van der Waals surface area contributed by atoms with Gasteiger partial charge in [0.1, 0.15) is 6.54 Å². The molecule has 1 rings (SSSR count). The molecule has 14 heavy (non-hydrogen) atoms. The van der Waals surface area contributed by atoms with Crippen LogP contribution in [0.5, 0.6) is 5.75 Å². The Labute approximate surface area is 77.6 Å². The summed E-state index contributed by atoms with van der Waals surface area (Å²) in [6.07, 6.45) is 1.09. The van der Waals surface area contributed by atoms with Crippen molar-refractivity contribution in [3.8, 4) is 5.75 Å². The molecule has 1 heterocycles. The fraction of sp³-hybridized carbons (Fsp3) is 0.286. The van der Waals surface area contributed by atoms with E-state index in [1.807, 2.05) is 0 Å². The van der Waals surface area contributed by atoms with Crippen molar-refractivity contribution in [3.63, 3.8) is 0 Å². The van der Waals surface area contributed by atoms with Crippen molar-refractivity contribution in [2.75, 3.05) is 7.11 Å². The largest absolute Gasteiger partial charge is 0.490 e. The van der Waals surface area contributed by atoms with E-state index >= 15 is 0 Å². The van der Waals surface area contributed by atoms with E-state index in [4.69, 9.17) is 5.11 Å². The highest BCUT2D eigenvalue weighted by atomic mass is 16.5. The SMILES string of the molecule is COc1c[nH]c(=O)n(CC(=O)O)c1=O. The number of rotatable bonds is 3. The number of ether oxygens (including phenoxy) is 1. The third-order valence-electron chi connectivity index (χ3n) is 1.54. The number of carboxylic acids is 1. The summed E-state index contributed by atoms with van der Waals surface area (Å²) in [4.78, 5) is 34.8. The summed E-state index contributed by atoms with van der Waals surface area (Å²) in [6.45, 7) is -0.689. The van der Waals surface area contributed by atoms with Crippen LogP contribution in [0.25, 0.3) is 0 Å². The number of hydrogen-bond acceptors (Lipinski definition) is 4. The number of aromatic amines is 1. The quantitative estimate of drug-likeness (QED) is 0.626. The minimum Gasteiger partial charge on any atom is -0.490 e. The zero-order valence-electron chi connectivity index (χ0n) is 7.31. The summed E-state index contributed by atoms with van der Waals surface area (Å²) in [6, 6.07) is 0. The molecule has 1 aromatic heterocycles. The van der Waals surface area contributed by atoms with Crippen LogP contribution in [0.2, 0.25) is 0 Å². The number of nitrogens with zero attached hydrogens (tertiary/aromatic N) is 1. The zero-order valence-corrected chi connectivity index (χ0v) is 7.31. The van der Waals surface area contributed by atoms with Gasteiger partial charge in [0.2, 0.25) is 5.75 Å². The smallest absolute Gasteiger partial charge is 0.329 e. The first kappa shape index (κ1) is 10.0. The van der Waals surface area contributed by atoms with Crippen molar-refractivity contribution in [1.82, 2.24) is 9.55 Å². The van der Waals surface area contributed by atoms with Gasteiger partial charge in [-0.1, -0.05) is 0 Å². The number of carboxylic acid groups (broad SMARTS) is 1. The van der Waals surface area contributed by atoms with Crippen molar-refractivity contribution in [2.24, 2.45) is 0 Å². The van der Waals surface area contributed by atoms with Crippen molar-refractivity contribution >= 4 is 5.97 Å². The van der Waals surface area contributed by atoms with Crippen LogP contribution in [-0.2, 0) is 11.3 Å². The van der Waals surface area contributed by atoms with E-state index in [9.17, 15) is 14.4 Å². The van der Waals surface area contributed by atoms with Gasteiger partial charge in [0.25, 0.3) is 5.56 Å². The van der Waals surface area contributed by atoms with Gasteiger partial charge in [-0.25, -0.2) is 9.36 Å². The Bertz CT molecular complexity index is 458. The van der Waals surface area contributed by atoms with Crippen molar-refractivity contribution in [3.05, 3.63) is 27.0 Å². The average molecular weight is 200 g/mol. The Morgan fingerprint density at radius 3 is 2.79 bits per heavy atom. The Kier molecular flexibility index (Phi) is 2.70. The van der Waals surface area contributed by atoms with E-state index in [0.29, 0.717) is 4.57 Å². The molecule has 0 aliphatic heterocycles. The van der Waals surface area contributed by atoms with Crippen molar-refractivity contribution in [1.29, 1.82) is 0 Å². The third kappa shape index (κ3) is 1.82. The van der Waals surface area contributed by atoms with Gasteiger partial charge in [0.15, 0.2) is 0 Å². The molecule has 0 unspecified atom stereocenters. The first-order chi connectivity index (χ1) is 6.56. The minimum absolute atomic E-state index is 0.106. The maximum absolute atomic E-state index is 11.3. The summed E-state index contributed by atoms with van der Waals surface area (Å²) in [5, 5.41) is 8.43. The van der Waals surface area contributed by atoms with Crippen LogP contribution in [-0.4, -0.2) is 27.7 Å². The van der Waals surface area contributed by atoms with Crippen LogP contribution in [0, 0.1) is 0 Å². The summed E-state index contributed by atoms with van der Waals surface area (Å²) in [7, 11) is 1.25. The average Bonchev–Trinajstić information content (AvgIpc) is 2.12. The number of nitrogens with one attached hydrogen (secondary N) is 1. The van der Waals surface area contributed by atoms with E-state index in [1.54, 1.807) is 0 Å². The van der Waals surface area contributed by atoms with Crippen LogP contribution in [0.4, 0.5) is 0 Å². The highest BCUT2D eigenvalue weighted by Gasteiger charge is 2.09. The molecule has 0 aromatic carbocycles. The standard InChI is InChI=1S/C7H8N2O5/c1-14-4-2-8-7(13)9(6(4)12)3-5(10)11/h2H,3H2,1H3,(H,8,13)(H,10,11). The minimum atomic E-state index is -1.27. The molecule has 7 heteroatoms. The summed E-state index contributed by atoms with van der Waals surface area (Å²) in [5.41, 5.74) is -1.54. The highest BCUT2D eigenvalue weighted by Crippen LogP contribution is 1.94. The molecular formula is C7H8N2O5. The van der Waals surface area contributed by atoms with Crippen LogP contribution >= 0.6 is 0 Å². The number of methoxy groups -OCH3 is 1. The molecule has 0 saturated heterocycles. The second kappa shape index (κ2) is 3.77. The molecule has 0 aliphatic carbocycles. The van der Waals surface area contributed by atoms with E-state index < -0.39 is 23.8 Å². The van der Waals surface area contributed by atoms with Gasteiger partial charge in [-0.05, 0) is 0 Å². The molecule has 1 aromatic rings. The lowest BCUT2D eigenvalue weighted by Crippen LogP contribution is -2.37. The van der Waals surface area contributed by atoms with Crippen molar-refractivity contribution < 1.29 is 14.6 Å². The number of aromatic nitrogens is 2. The topological polar surface area (TPSA) is 101 Å². The van der Waals surface area contributed by atoms with Gasteiger partial charge >= 0.3 is 11.7 Å². The van der Waals surface area contributed by atoms with Gasteiger partial charge < -0.3 is 14.8 Å². The second-order valence-electron chi connectivity index (χ2n) is 2.45. The predicted molar refractivity (Wildman–Crippen MR) is 45.5 cm³/mol. The van der Waals surface area contributed by atoms with Crippen molar-refractivity contribution in [2.45, 2.75) is 6.54 Å². The molecule has 2 N–H and O–H groups in total. The number of hydrogen-bond donors (Lipinski definition) is 2. The Morgan fingerprint density at radius 1 is 1.64 bits per heavy atom. The van der Waals surface area contributed by atoms with E-state index in [-0.39, 0.29) is 5.75 Å². The van der Waals surface area contributed by atoms with Crippen LogP contribution in [0.15, 0.2) is 15.8 Å². The third-order valence-corrected chi connectivity index (χ3v) is 1.54. The molecule has 0 radical (unpaired) electrons. The van der Waals surface area contributed by atoms with Crippen LogP contribution in [0.3, 0.4) is 0 Å². The molecule has 0 bridgehead atoms. The van der Waals surface area contributed by atoms with Gasteiger partial charge in [0.05, 0.1) is 13.3 Å². The normalized spacial score (nSPS) is 9.79. The monoisotopic (exact) mass is 200 g/mol. The summed E-state index contributed by atoms with van der Waals surface area (Å²) < 4.78 is 5.17. The Morgan fingerprint density at radius 2 is 2.29 bits per heavy atom. The number of carbonyl (C=O) groups is 1. The molecule has 0 atom stereocenters. The van der Waals surface area contributed by atoms with E-state index in [2.05, 4.69) is 9.72 Å². The molecule has 0 fully saturated rings. The van der Waals surface area contributed by atoms with Gasteiger partial charge in [-0.3, -0.25) is 9.59 Å². The lowest BCUT2D eigenvalue weighted by Gasteiger charge is -2.02. The highest BCUT2D eigenvalue weighted by molar-refractivity contribution is 5.66. The summed E-state index contributed by atoms with van der Waals surface area (Å²) in [5.74, 6) is -1.38. The first-order valence-electron chi connectivity index (χ1n) is 3.64. The maximum atomic E-state index is 11.3. The van der Waals surface area contributed by atoms with Gasteiger partial charge in [-0.15, -0.1) is 0 Å². The van der Waals surface area contributed by atoms with E-state index in [1.165, 1.54) is 7.11 Å². The molecule has 0 aliphatic rings. The molecule has 0 saturated carbocycles. The lowest BCUT2D eigenvalue weighted by atomic mass is 10.5. The fourth-order valence-corrected chi connectivity index (χ4v) is 0.917. The van der Waals surface area contributed by atoms with Crippen LogP contribution in [0.1, 0.15) is 0 Å². The molecular weight excluding hydrogens is 192 g/mol. The lowest BCUT2D eigenvalue weighted by molar-refractivity contribution is -0.137. The maximum Gasteiger partial charge on any atom is 0.329 e. The molecule has 0 spiro atoms. The fourth-order valence-electron chi connectivity index (χ4n) is 0.917. The van der Waals surface area contributed by atoms with E-state index in [0.717, 1.165) is 6.20 Å². The summed E-state index contributed by atoms with van der Waals surface area (Å²) >= 11 is 0. The van der Waals surface area contributed by atoms with Gasteiger partial charge in [0, 0.05) is 0 Å². The molecule has 7 nitrogen and oxygen atoms in total. The Hall–Kier alpha value is -2.05. The molecule has 0 amide bonds. The zero-order chi connectivity index (χ0) is 10.7. The van der Waals surface area contributed by atoms with Crippen LogP contribution < -0.4 is 16.0 Å². The number of aliphatic carboxylic acids is 1. The first-order valence-corrected chi connectivity index (χ1v) is 3.64.